The van der Waals surface area contributed by atoms with Gasteiger partial charge in [0, 0.05) is 33.3 Å². The zero-order chi connectivity index (χ0) is 14.8. The Hall–Kier alpha value is -1.73. The summed E-state index contributed by atoms with van der Waals surface area (Å²) in [5, 5.41) is 13.7. The molecule has 0 radical (unpaired) electrons. The molecule has 1 heterocycles. The summed E-state index contributed by atoms with van der Waals surface area (Å²) >= 11 is 0. The number of hydrogen-bond donors (Lipinski definition) is 2. The number of hydrogen-bond acceptors (Lipinski definition) is 6. The van der Waals surface area contributed by atoms with E-state index in [-0.39, 0.29) is 5.91 Å². The molecule has 0 aliphatic heterocycles. The van der Waals surface area contributed by atoms with Gasteiger partial charge in [-0.05, 0) is 26.1 Å². The minimum absolute atomic E-state index is 0.208. The number of amides is 1. The second-order valence-electron chi connectivity index (χ2n) is 4.39. The molecule has 0 unspecified atom stereocenters. The van der Waals surface area contributed by atoms with Gasteiger partial charge >= 0.3 is 0 Å². The third-order valence-electron chi connectivity index (χ3n) is 2.71. The topological polar surface area (TPSA) is 79.4 Å². The van der Waals surface area contributed by atoms with Gasteiger partial charge in [0.15, 0.2) is 5.69 Å². The normalized spacial score (nSPS) is 10.6. The van der Waals surface area contributed by atoms with Gasteiger partial charge in [-0.3, -0.25) is 4.79 Å². The zero-order valence-electron chi connectivity index (χ0n) is 12.3. The van der Waals surface area contributed by atoms with Crippen LogP contribution < -0.4 is 10.6 Å². The highest BCUT2D eigenvalue weighted by molar-refractivity contribution is 5.92. The number of carbonyl (C=O) groups is 1. The number of methoxy groups -OCH3 is 1. The highest BCUT2D eigenvalue weighted by Crippen LogP contribution is 2.01. The van der Waals surface area contributed by atoms with Crippen LogP contribution in [-0.2, 0) is 4.74 Å². The van der Waals surface area contributed by atoms with Crippen molar-refractivity contribution in [1.82, 2.24) is 20.4 Å². The summed E-state index contributed by atoms with van der Waals surface area (Å²) in [6.45, 7) is 5.59. The van der Waals surface area contributed by atoms with Crippen molar-refractivity contribution in [3.8, 4) is 0 Å². The van der Waals surface area contributed by atoms with E-state index in [0.29, 0.717) is 24.7 Å². The van der Waals surface area contributed by atoms with Crippen molar-refractivity contribution >= 4 is 11.7 Å². The molecule has 0 aliphatic carbocycles. The Morgan fingerprint density at radius 3 is 2.75 bits per heavy atom. The van der Waals surface area contributed by atoms with Crippen molar-refractivity contribution in [2.24, 2.45) is 0 Å². The van der Waals surface area contributed by atoms with Crippen LogP contribution in [0, 0.1) is 0 Å². The lowest BCUT2D eigenvalue weighted by atomic mass is 10.3. The largest absolute Gasteiger partial charge is 0.383 e. The Morgan fingerprint density at radius 1 is 1.35 bits per heavy atom. The van der Waals surface area contributed by atoms with Crippen LogP contribution in [0.1, 0.15) is 17.4 Å². The van der Waals surface area contributed by atoms with Gasteiger partial charge in [-0.1, -0.05) is 0 Å². The number of nitrogens with zero attached hydrogens (tertiary/aromatic N) is 3. The third-order valence-corrected chi connectivity index (χ3v) is 2.71. The maximum absolute atomic E-state index is 11.8. The molecular formula is C13H23N5O2. The van der Waals surface area contributed by atoms with Crippen LogP contribution >= 0.6 is 0 Å². The highest BCUT2D eigenvalue weighted by Gasteiger charge is 2.07. The molecule has 20 heavy (non-hydrogen) atoms. The Kier molecular flexibility index (Phi) is 7.52. The summed E-state index contributed by atoms with van der Waals surface area (Å²) in [6.07, 6.45) is 0. The summed E-state index contributed by atoms with van der Waals surface area (Å²) < 4.78 is 4.99. The second-order valence-corrected chi connectivity index (χ2v) is 4.39. The van der Waals surface area contributed by atoms with Crippen LogP contribution in [0.3, 0.4) is 0 Å². The van der Waals surface area contributed by atoms with Crippen molar-refractivity contribution in [3.63, 3.8) is 0 Å². The lowest BCUT2D eigenvalue weighted by molar-refractivity contribution is 0.0941. The van der Waals surface area contributed by atoms with Gasteiger partial charge in [0.25, 0.3) is 5.91 Å². The van der Waals surface area contributed by atoms with E-state index in [0.717, 1.165) is 19.6 Å². The average Bonchev–Trinajstić information content (AvgIpc) is 2.46. The van der Waals surface area contributed by atoms with E-state index >= 15 is 0 Å². The Labute approximate surface area is 119 Å². The van der Waals surface area contributed by atoms with E-state index in [4.69, 9.17) is 4.74 Å². The first-order chi connectivity index (χ1) is 9.67. The van der Waals surface area contributed by atoms with E-state index < -0.39 is 0 Å². The van der Waals surface area contributed by atoms with Crippen molar-refractivity contribution in [3.05, 3.63) is 17.8 Å². The van der Waals surface area contributed by atoms with E-state index in [2.05, 4.69) is 25.7 Å². The van der Waals surface area contributed by atoms with Crippen LogP contribution in [0.15, 0.2) is 12.1 Å². The van der Waals surface area contributed by atoms with Gasteiger partial charge < -0.3 is 20.3 Å². The van der Waals surface area contributed by atoms with Gasteiger partial charge in [0.1, 0.15) is 5.82 Å². The number of anilines is 1. The Balaban J connectivity index is 2.31. The number of ether oxygens (including phenoxy) is 1. The third kappa shape index (κ3) is 5.94. The SMILES string of the molecule is CCNc1ccc(C(=O)NCCN(C)CCOC)nn1. The van der Waals surface area contributed by atoms with Gasteiger partial charge in [-0.25, -0.2) is 0 Å². The van der Waals surface area contributed by atoms with Crippen molar-refractivity contribution in [2.75, 3.05) is 52.3 Å². The first-order valence-electron chi connectivity index (χ1n) is 6.70. The van der Waals surface area contributed by atoms with Crippen LogP contribution in [0.5, 0.6) is 0 Å². The fourth-order valence-electron chi connectivity index (χ4n) is 1.54. The van der Waals surface area contributed by atoms with Crippen molar-refractivity contribution in [1.29, 1.82) is 0 Å². The molecule has 0 atom stereocenters. The summed E-state index contributed by atoms with van der Waals surface area (Å²) in [6, 6.07) is 3.41. The molecule has 7 nitrogen and oxygen atoms in total. The van der Waals surface area contributed by atoms with Gasteiger partial charge in [0.2, 0.25) is 0 Å². The predicted molar refractivity (Wildman–Crippen MR) is 77.9 cm³/mol. The minimum atomic E-state index is -0.208. The number of nitrogens with one attached hydrogen (secondary N) is 2. The first kappa shape index (κ1) is 16.3. The number of aromatic nitrogens is 2. The average molecular weight is 281 g/mol. The second kappa shape index (κ2) is 9.22. The van der Waals surface area contributed by atoms with E-state index in [1.165, 1.54) is 0 Å². The molecule has 1 aromatic rings. The monoisotopic (exact) mass is 281 g/mol. The van der Waals surface area contributed by atoms with Crippen molar-refractivity contribution < 1.29 is 9.53 Å². The molecule has 0 aromatic carbocycles. The summed E-state index contributed by atoms with van der Waals surface area (Å²) in [5.41, 5.74) is 0.325. The summed E-state index contributed by atoms with van der Waals surface area (Å²) in [5.74, 6) is 0.462. The first-order valence-corrected chi connectivity index (χ1v) is 6.70. The summed E-state index contributed by atoms with van der Waals surface area (Å²) in [4.78, 5) is 13.9. The highest BCUT2D eigenvalue weighted by atomic mass is 16.5. The lowest BCUT2D eigenvalue weighted by Crippen LogP contribution is -2.34. The maximum Gasteiger partial charge on any atom is 0.271 e. The van der Waals surface area contributed by atoms with Crippen molar-refractivity contribution in [2.45, 2.75) is 6.92 Å². The molecule has 1 amide bonds. The molecule has 112 valence electrons. The number of likely N-dealkylation sites (N-methyl/N-ethyl adjacent to an activating group) is 1. The molecule has 1 rings (SSSR count). The molecular weight excluding hydrogens is 258 g/mol. The van der Waals surface area contributed by atoms with E-state index in [1.54, 1.807) is 19.2 Å². The van der Waals surface area contributed by atoms with Gasteiger partial charge in [-0.2, -0.15) is 0 Å². The molecule has 0 spiro atoms. The number of carbonyl (C=O) groups excluding carboxylic acids is 1. The molecule has 0 saturated heterocycles. The number of rotatable bonds is 9. The Morgan fingerprint density at radius 2 is 2.15 bits per heavy atom. The van der Waals surface area contributed by atoms with Gasteiger partial charge in [-0.15, -0.1) is 10.2 Å². The van der Waals surface area contributed by atoms with Crippen LogP contribution in [-0.4, -0.2) is 67.9 Å². The standard InChI is InChI=1S/C13H23N5O2/c1-4-14-12-6-5-11(16-17-12)13(19)15-7-8-18(2)9-10-20-3/h5-6H,4,7-10H2,1-3H3,(H,14,17)(H,15,19). The molecule has 0 aliphatic rings. The Bertz CT molecular complexity index is 396. The van der Waals surface area contributed by atoms with Crippen LogP contribution in [0.25, 0.3) is 0 Å². The van der Waals surface area contributed by atoms with E-state index in [1.807, 2.05) is 14.0 Å². The van der Waals surface area contributed by atoms with Gasteiger partial charge in [0.05, 0.1) is 6.61 Å². The molecule has 0 saturated carbocycles. The lowest BCUT2D eigenvalue weighted by Gasteiger charge is -2.15. The predicted octanol–water partition coefficient (Wildman–Crippen LogP) is 0.216. The minimum Gasteiger partial charge on any atom is -0.383 e. The molecule has 1 aromatic heterocycles. The van der Waals surface area contributed by atoms with E-state index in [9.17, 15) is 4.79 Å². The quantitative estimate of drug-likeness (QED) is 0.674. The molecule has 0 fully saturated rings. The van der Waals surface area contributed by atoms with Crippen LogP contribution in [0.2, 0.25) is 0 Å². The van der Waals surface area contributed by atoms with Crippen LogP contribution in [0.4, 0.5) is 5.82 Å². The molecule has 0 bridgehead atoms. The summed E-state index contributed by atoms with van der Waals surface area (Å²) in [7, 11) is 3.65. The fraction of sp³-hybridized carbons (Fsp3) is 0.615. The fourth-order valence-corrected chi connectivity index (χ4v) is 1.54. The maximum atomic E-state index is 11.8. The molecule has 2 N–H and O–H groups in total. The smallest absolute Gasteiger partial charge is 0.271 e. The zero-order valence-corrected chi connectivity index (χ0v) is 12.3. The molecule has 7 heteroatoms.